The van der Waals surface area contributed by atoms with Gasteiger partial charge in [0.1, 0.15) is 22.5 Å². The largest absolute Gasteiger partial charge is 0.507 e. The second kappa shape index (κ2) is 10.9. The number of rotatable bonds is 7. The highest BCUT2D eigenvalue weighted by Gasteiger charge is 2.39. The Bertz CT molecular complexity index is 1550. The van der Waals surface area contributed by atoms with E-state index < -0.39 is 32.2 Å². The van der Waals surface area contributed by atoms with Crippen molar-refractivity contribution in [2.24, 2.45) is 0 Å². The number of aromatic hydroxyl groups is 1. The average molecular weight is 541 g/mol. The molecule has 0 spiro atoms. The number of hydrogen-bond acceptors (Lipinski definition) is 8. The fourth-order valence-electron chi connectivity index (χ4n) is 3.33. The summed E-state index contributed by atoms with van der Waals surface area (Å²) in [6.45, 7) is 4.31. The van der Waals surface area contributed by atoms with Gasteiger partial charge < -0.3 is 20.6 Å². The van der Waals surface area contributed by atoms with Crippen LogP contribution in [0.2, 0.25) is 0 Å². The number of phenols is 1. The molecule has 1 heterocycles. The summed E-state index contributed by atoms with van der Waals surface area (Å²) in [5.74, 6) is 9.96. The van der Waals surface area contributed by atoms with Gasteiger partial charge in [0.2, 0.25) is 0 Å². The molecule has 0 bridgehead atoms. The number of carbonyl (C=O) groups excluding carboxylic acids is 1. The minimum atomic E-state index is -3.73. The van der Waals surface area contributed by atoms with Crippen LogP contribution in [-0.4, -0.2) is 57.8 Å². The maximum absolute atomic E-state index is 12.7. The molecule has 0 aliphatic carbocycles. The van der Waals surface area contributed by atoms with Crippen LogP contribution in [0, 0.1) is 23.7 Å². The second-order valence-corrected chi connectivity index (χ2v) is 13.0. The summed E-state index contributed by atoms with van der Waals surface area (Å²) in [7, 11) is -3.73. The van der Waals surface area contributed by atoms with Gasteiger partial charge >= 0.3 is 0 Å². The van der Waals surface area contributed by atoms with E-state index in [4.69, 9.17) is 0 Å². The van der Waals surface area contributed by atoms with Gasteiger partial charge in [0.15, 0.2) is 9.84 Å². The smallest absolute Gasteiger partial charge is 0.255 e. The Morgan fingerprint density at radius 2 is 1.86 bits per heavy atom. The van der Waals surface area contributed by atoms with E-state index in [1.807, 2.05) is 0 Å². The molecule has 0 radical (unpaired) electrons. The van der Waals surface area contributed by atoms with Gasteiger partial charge in [-0.05, 0) is 62.9 Å². The molecule has 37 heavy (non-hydrogen) atoms. The Kier molecular flexibility index (Phi) is 8.31. The van der Waals surface area contributed by atoms with Crippen LogP contribution in [0.1, 0.15) is 54.2 Å². The number of amides is 1. The lowest BCUT2D eigenvalue weighted by atomic mass is 10.0. The first-order valence-corrected chi connectivity index (χ1v) is 14.0. The van der Waals surface area contributed by atoms with Crippen molar-refractivity contribution in [3.05, 3.63) is 58.6 Å². The fourth-order valence-corrected chi connectivity index (χ4v) is 5.12. The van der Waals surface area contributed by atoms with Crippen molar-refractivity contribution in [3.63, 3.8) is 0 Å². The van der Waals surface area contributed by atoms with E-state index in [2.05, 4.69) is 34.0 Å². The second-order valence-electron chi connectivity index (χ2n) is 9.44. The lowest BCUT2D eigenvalue weighted by molar-refractivity contribution is 0.0938. The van der Waals surface area contributed by atoms with E-state index in [9.17, 15) is 28.5 Å². The van der Waals surface area contributed by atoms with E-state index in [-0.39, 0.29) is 24.3 Å². The van der Waals surface area contributed by atoms with Crippen molar-refractivity contribution in [1.29, 1.82) is 0 Å². The number of sulfone groups is 1. The maximum atomic E-state index is 12.7. The van der Waals surface area contributed by atoms with Crippen LogP contribution in [0.15, 0.2) is 42.5 Å². The van der Waals surface area contributed by atoms with Crippen molar-refractivity contribution in [2.45, 2.75) is 43.6 Å². The number of phenolic OH excluding ortho intramolecular Hbond substituents is 1. The molecule has 0 unspecified atom stereocenters. The van der Waals surface area contributed by atoms with Crippen LogP contribution < -0.4 is 5.32 Å². The molecule has 0 saturated heterocycles. The number of thiazole rings is 1. The zero-order valence-electron chi connectivity index (χ0n) is 20.9. The molecular weight excluding hydrogens is 512 g/mol. The first-order valence-electron chi connectivity index (χ1n) is 11.3. The van der Waals surface area contributed by atoms with Crippen LogP contribution in [0.5, 0.6) is 5.75 Å². The number of aliphatic hydroxyl groups is 2. The topological polar surface area (TPSA) is 137 Å². The summed E-state index contributed by atoms with van der Waals surface area (Å²) in [6, 6.07) is 11.2. The van der Waals surface area contributed by atoms with Crippen LogP contribution in [-0.2, 0) is 9.84 Å². The van der Waals surface area contributed by atoms with Crippen LogP contribution >= 0.6 is 11.3 Å². The summed E-state index contributed by atoms with van der Waals surface area (Å²) >= 11 is 1.22. The predicted octanol–water partition coefficient (Wildman–Crippen LogP) is 2.78. The molecule has 8 nitrogen and oxygen atoms in total. The van der Waals surface area contributed by atoms with Gasteiger partial charge in [-0.2, -0.15) is 0 Å². The molecule has 10 heteroatoms. The molecule has 194 valence electrons. The zero-order chi connectivity index (χ0) is 27.4. The summed E-state index contributed by atoms with van der Waals surface area (Å²) in [5.41, 5.74) is 0.194. The van der Waals surface area contributed by atoms with Crippen LogP contribution in [0.3, 0.4) is 0 Å². The Morgan fingerprint density at radius 1 is 1.16 bits per heavy atom. The number of aromatic nitrogens is 1. The normalized spacial score (nSPS) is 14.0. The fraction of sp³-hybridized carbons (Fsp3) is 0.333. The van der Waals surface area contributed by atoms with Crippen molar-refractivity contribution in [3.8, 4) is 29.4 Å². The highest BCUT2D eigenvalue weighted by molar-refractivity contribution is 7.92. The Morgan fingerprint density at radius 3 is 2.51 bits per heavy atom. The molecule has 0 aliphatic rings. The van der Waals surface area contributed by atoms with Crippen LogP contribution in [0.4, 0.5) is 0 Å². The minimum absolute atomic E-state index is 0.0232. The molecule has 3 aromatic rings. The van der Waals surface area contributed by atoms with Crippen molar-refractivity contribution < 1.29 is 28.5 Å². The molecule has 0 saturated carbocycles. The summed E-state index contributed by atoms with van der Waals surface area (Å²) in [4.78, 5) is 17.0. The maximum Gasteiger partial charge on any atom is 0.255 e. The van der Waals surface area contributed by atoms with Gasteiger partial charge in [0, 0.05) is 24.8 Å². The third kappa shape index (κ3) is 7.31. The number of nitrogens with one attached hydrogen (secondary N) is 1. The number of nitrogens with zero attached hydrogens (tertiary/aromatic N) is 1. The molecule has 4 N–H and O–H groups in total. The number of carbonyl (C=O) groups is 1. The SMILES string of the molecule is CC(C)(O)C#CC#Cc1ccc2nc([C@H](O)C[C@](C)(CNC(=O)c3ccccc3O)S(C)(=O)=O)sc2c1. The van der Waals surface area contributed by atoms with E-state index in [1.165, 1.54) is 30.4 Å². The molecule has 2 atom stereocenters. The average Bonchev–Trinajstić information content (AvgIpc) is 3.23. The summed E-state index contributed by atoms with van der Waals surface area (Å²) in [6.07, 6.45) is -0.353. The van der Waals surface area contributed by atoms with E-state index >= 15 is 0 Å². The molecule has 1 amide bonds. The molecule has 2 aromatic carbocycles. The van der Waals surface area contributed by atoms with E-state index in [1.54, 1.807) is 44.2 Å². The lowest BCUT2D eigenvalue weighted by Gasteiger charge is -2.29. The first kappa shape index (κ1) is 28.2. The Hall–Kier alpha value is -3.41. The summed E-state index contributed by atoms with van der Waals surface area (Å²) in [5, 5.41) is 33.3. The third-order valence-electron chi connectivity index (χ3n) is 5.62. The predicted molar refractivity (Wildman–Crippen MR) is 144 cm³/mol. The van der Waals surface area contributed by atoms with Crippen molar-refractivity contribution in [1.82, 2.24) is 10.3 Å². The standard InChI is InChI=1S/C27H28N2O6S2/c1-26(2,33)14-8-7-9-18-12-13-20-23(15-18)36-25(29-20)22(31)16-27(3,37(4,34)35)17-28-24(32)19-10-5-6-11-21(19)30/h5-6,10-13,15,22,30-31,33H,16-17H2,1-4H3,(H,28,32)/t22-,27-/m1/s1. The highest BCUT2D eigenvalue weighted by atomic mass is 32.2. The summed E-state index contributed by atoms with van der Waals surface area (Å²) < 4.78 is 24.6. The highest BCUT2D eigenvalue weighted by Crippen LogP contribution is 2.34. The van der Waals surface area contributed by atoms with Gasteiger partial charge in [0.05, 0.1) is 20.5 Å². The number of hydrogen-bond donors (Lipinski definition) is 4. The number of benzene rings is 2. The van der Waals surface area contributed by atoms with E-state index in [0.717, 1.165) is 11.0 Å². The number of aliphatic hydroxyl groups excluding tert-OH is 1. The Labute approximate surface area is 220 Å². The quantitative estimate of drug-likeness (QED) is 0.338. The lowest BCUT2D eigenvalue weighted by Crippen LogP contribution is -2.47. The first-order chi connectivity index (χ1) is 17.2. The molecule has 1 aromatic heterocycles. The number of para-hydroxylation sites is 1. The van der Waals surface area contributed by atoms with Gasteiger partial charge in [-0.25, -0.2) is 13.4 Å². The zero-order valence-corrected chi connectivity index (χ0v) is 22.5. The number of fused-ring (bicyclic) bond motifs is 1. The van der Waals surface area contributed by atoms with E-state index in [0.29, 0.717) is 16.1 Å². The monoisotopic (exact) mass is 540 g/mol. The Balaban J connectivity index is 1.79. The molecular formula is C27H28N2O6S2. The van der Waals surface area contributed by atoms with Gasteiger partial charge in [-0.1, -0.05) is 24.0 Å². The molecule has 0 fully saturated rings. The van der Waals surface area contributed by atoms with Gasteiger partial charge in [0.25, 0.3) is 5.91 Å². The van der Waals surface area contributed by atoms with Gasteiger partial charge in [-0.3, -0.25) is 4.79 Å². The molecule has 0 aliphatic heterocycles. The minimum Gasteiger partial charge on any atom is -0.507 e. The van der Waals surface area contributed by atoms with Gasteiger partial charge in [-0.15, -0.1) is 11.3 Å². The third-order valence-corrected chi connectivity index (χ3v) is 8.84. The van der Waals surface area contributed by atoms with Crippen molar-refractivity contribution in [2.75, 3.05) is 12.8 Å². The van der Waals surface area contributed by atoms with Crippen molar-refractivity contribution >= 4 is 37.3 Å². The van der Waals surface area contributed by atoms with Crippen LogP contribution in [0.25, 0.3) is 10.2 Å². The molecule has 3 rings (SSSR count).